The molecule has 2 saturated heterocycles. The number of likely N-dealkylation sites (N-methyl/N-ethyl adjacent to an activating group) is 1. The van der Waals surface area contributed by atoms with Gasteiger partial charge in [-0.1, -0.05) is 24.2 Å². The normalized spacial score (nSPS) is 20.7. The zero-order valence-corrected chi connectivity index (χ0v) is 41.4. The maximum absolute atomic E-state index is 15.6. The van der Waals surface area contributed by atoms with E-state index in [0.29, 0.717) is 83.9 Å². The van der Waals surface area contributed by atoms with E-state index in [9.17, 15) is 4.79 Å². The van der Waals surface area contributed by atoms with Gasteiger partial charge in [0.15, 0.2) is 5.82 Å². The van der Waals surface area contributed by atoms with Crippen molar-refractivity contribution in [2.24, 2.45) is 5.92 Å². The summed E-state index contributed by atoms with van der Waals surface area (Å²) in [4.78, 5) is 61.6. The van der Waals surface area contributed by atoms with Crippen molar-refractivity contribution in [2.75, 3.05) is 57.9 Å². The second-order valence-corrected chi connectivity index (χ2v) is 20.3. The molecule has 370 valence electrons. The number of H-pyrrole nitrogens is 1. The van der Waals surface area contributed by atoms with E-state index in [0.717, 1.165) is 78.3 Å². The van der Waals surface area contributed by atoms with Crippen LogP contribution in [0.25, 0.3) is 39.4 Å². The highest BCUT2D eigenvalue weighted by atomic mass is 19.1. The lowest BCUT2D eigenvalue weighted by Crippen LogP contribution is -2.44. The summed E-state index contributed by atoms with van der Waals surface area (Å²) in [6, 6.07) is 19.2. The smallest absolute Gasteiger partial charge is 0.381 e. The molecule has 3 aromatic carbocycles. The Morgan fingerprint density at radius 3 is 2.29 bits per heavy atom. The molecule has 1 amide bonds. The van der Waals surface area contributed by atoms with Crippen molar-refractivity contribution in [1.29, 1.82) is 0 Å². The molecule has 0 unspecified atom stereocenters. The summed E-state index contributed by atoms with van der Waals surface area (Å²) in [5, 5.41) is 10.3. The van der Waals surface area contributed by atoms with Gasteiger partial charge in [-0.2, -0.15) is 5.10 Å². The van der Waals surface area contributed by atoms with Crippen LogP contribution in [-0.4, -0.2) is 112 Å². The van der Waals surface area contributed by atoms with Crippen molar-refractivity contribution in [3.05, 3.63) is 151 Å². The number of aromatic amines is 1. The number of rotatable bonds is 9. The van der Waals surface area contributed by atoms with Gasteiger partial charge in [-0.15, -0.1) is 0 Å². The van der Waals surface area contributed by atoms with Crippen LogP contribution in [0.3, 0.4) is 0 Å². The van der Waals surface area contributed by atoms with Gasteiger partial charge in [-0.3, -0.25) is 23.4 Å². The SMILES string of the molecule is Cc1cc(-n2ccn(-c3c4c(nn3-c3cc(C)c(F)c(C)c3)CCN(C(=O)c3cc5cc(C6CCOCC6)ccc5n3[C@@]3(c5noc(=O)[nH]5)C[C@@H]3C)[C@H]4C)c2=O)ccc1-c1cc(N2CCN(C)CC2)ncn1. The molecule has 8 heterocycles. The van der Waals surface area contributed by atoms with Crippen LogP contribution in [0.4, 0.5) is 10.2 Å². The van der Waals surface area contributed by atoms with Gasteiger partial charge in [0.1, 0.15) is 35.0 Å². The third-order valence-corrected chi connectivity index (χ3v) is 15.9. The molecule has 1 N–H and O–H groups in total. The first kappa shape index (κ1) is 45.7. The number of aromatic nitrogens is 9. The van der Waals surface area contributed by atoms with E-state index in [-0.39, 0.29) is 23.3 Å². The summed E-state index contributed by atoms with van der Waals surface area (Å²) in [7, 11) is 2.13. The maximum atomic E-state index is 15.6. The Morgan fingerprint density at radius 1 is 0.847 bits per heavy atom. The minimum Gasteiger partial charge on any atom is -0.381 e. The molecule has 12 rings (SSSR count). The van der Waals surface area contributed by atoms with Crippen molar-refractivity contribution >= 4 is 22.6 Å². The van der Waals surface area contributed by atoms with Crippen molar-refractivity contribution in [3.63, 3.8) is 0 Å². The lowest BCUT2D eigenvalue weighted by molar-refractivity contribution is 0.0663. The summed E-state index contributed by atoms with van der Waals surface area (Å²) in [6.07, 6.45) is 7.95. The molecule has 8 aromatic rings. The highest BCUT2D eigenvalue weighted by Crippen LogP contribution is 2.56. The van der Waals surface area contributed by atoms with Gasteiger partial charge < -0.3 is 24.0 Å². The number of nitrogens with zero attached hydrogens (tertiary/aromatic N) is 11. The minimum absolute atomic E-state index is 0.0247. The third-order valence-electron chi connectivity index (χ3n) is 15.9. The molecule has 72 heavy (non-hydrogen) atoms. The number of amides is 1. The van der Waals surface area contributed by atoms with Gasteiger partial charge in [0.05, 0.1) is 28.8 Å². The number of hydrogen-bond donors (Lipinski definition) is 1. The van der Waals surface area contributed by atoms with E-state index >= 15 is 14.0 Å². The molecule has 3 atom stereocenters. The maximum Gasteiger partial charge on any atom is 0.438 e. The average molecular weight is 973 g/mol. The number of aryl methyl sites for hydroxylation is 3. The summed E-state index contributed by atoms with van der Waals surface area (Å²) in [5.41, 5.74) is 7.59. The van der Waals surface area contributed by atoms with Crippen LogP contribution in [0.2, 0.25) is 0 Å². The van der Waals surface area contributed by atoms with Gasteiger partial charge in [0.2, 0.25) is 0 Å². The van der Waals surface area contributed by atoms with Gasteiger partial charge in [-0.05, 0) is 131 Å². The first-order valence-corrected chi connectivity index (χ1v) is 25.0. The van der Waals surface area contributed by atoms with Crippen LogP contribution < -0.4 is 16.3 Å². The number of carbonyl (C=O) groups excluding carboxylic acids is 1. The van der Waals surface area contributed by atoms with Crippen molar-refractivity contribution in [1.82, 2.24) is 53.4 Å². The topological polar surface area (TPSA) is 170 Å². The largest absolute Gasteiger partial charge is 0.438 e. The number of ether oxygens (including phenoxy) is 1. The zero-order chi connectivity index (χ0) is 49.7. The van der Waals surface area contributed by atoms with Crippen LogP contribution >= 0.6 is 0 Å². The molecular weight excluding hydrogens is 916 g/mol. The first-order valence-electron chi connectivity index (χ1n) is 25.0. The van der Waals surface area contributed by atoms with E-state index in [4.69, 9.17) is 14.4 Å². The van der Waals surface area contributed by atoms with Crippen molar-refractivity contribution in [2.45, 2.75) is 77.8 Å². The summed E-state index contributed by atoms with van der Waals surface area (Å²) < 4.78 is 33.0. The van der Waals surface area contributed by atoms with E-state index in [1.54, 1.807) is 58.5 Å². The van der Waals surface area contributed by atoms with E-state index in [2.05, 4.69) is 66.6 Å². The molecule has 1 saturated carbocycles. The molecule has 1 aliphatic carbocycles. The van der Waals surface area contributed by atoms with Gasteiger partial charge in [-0.25, -0.2) is 28.6 Å². The predicted molar refractivity (Wildman–Crippen MR) is 269 cm³/mol. The Bertz CT molecular complexity index is 3540. The van der Waals surface area contributed by atoms with Gasteiger partial charge in [0, 0.05) is 92.8 Å². The molecule has 18 heteroatoms. The van der Waals surface area contributed by atoms with Gasteiger partial charge in [0.25, 0.3) is 5.91 Å². The van der Waals surface area contributed by atoms with E-state index in [1.807, 2.05) is 49.1 Å². The number of nitrogens with one attached hydrogen (secondary N) is 1. The predicted octanol–water partition coefficient (Wildman–Crippen LogP) is 7.15. The molecule has 17 nitrogen and oxygen atoms in total. The third kappa shape index (κ3) is 7.44. The lowest BCUT2D eigenvalue weighted by atomic mass is 9.91. The van der Waals surface area contributed by atoms with Crippen LogP contribution in [0.1, 0.15) is 94.9 Å². The van der Waals surface area contributed by atoms with Crippen LogP contribution in [0.15, 0.2) is 93.5 Å². The number of benzene rings is 3. The quantitative estimate of drug-likeness (QED) is 0.156. The number of anilines is 1. The Kier molecular flexibility index (Phi) is 11.0. The number of carbonyl (C=O) groups is 1. The number of halogens is 1. The fraction of sp³-hybridized carbons (Fsp3) is 0.389. The Hall–Kier alpha value is -7.44. The Balaban J connectivity index is 0.945. The monoisotopic (exact) mass is 972 g/mol. The highest BCUT2D eigenvalue weighted by Gasteiger charge is 2.59. The number of fused-ring (bicyclic) bond motifs is 2. The average Bonchev–Trinajstić information content (AvgIpc) is 3.88. The van der Waals surface area contributed by atoms with E-state index < -0.39 is 17.3 Å². The Labute approximate surface area is 414 Å². The second kappa shape index (κ2) is 17.4. The number of piperazine rings is 1. The van der Waals surface area contributed by atoms with Crippen LogP contribution in [0.5, 0.6) is 0 Å². The summed E-state index contributed by atoms with van der Waals surface area (Å²) >= 11 is 0. The van der Waals surface area contributed by atoms with Gasteiger partial charge >= 0.3 is 11.4 Å². The first-order chi connectivity index (χ1) is 34.8. The minimum atomic E-state index is -0.827. The summed E-state index contributed by atoms with van der Waals surface area (Å²) in [6.45, 7) is 14.9. The lowest BCUT2D eigenvalue weighted by Gasteiger charge is -2.34. The zero-order valence-electron chi connectivity index (χ0n) is 41.4. The van der Waals surface area contributed by atoms with Crippen LogP contribution in [0, 0.1) is 32.5 Å². The fourth-order valence-corrected chi connectivity index (χ4v) is 11.7. The molecule has 3 aliphatic heterocycles. The molecule has 0 radical (unpaired) electrons. The molecule has 4 aliphatic rings. The van der Waals surface area contributed by atoms with Crippen LogP contribution in [-0.2, 0) is 16.7 Å². The van der Waals surface area contributed by atoms with E-state index in [1.165, 1.54) is 5.56 Å². The fourth-order valence-electron chi connectivity index (χ4n) is 11.7. The molecule has 3 fully saturated rings. The Morgan fingerprint density at radius 2 is 1.58 bits per heavy atom. The van der Waals surface area contributed by atoms with Crippen molar-refractivity contribution < 1.29 is 18.4 Å². The summed E-state index contributed by atoms with van der Waals surface area (Å²) in [5.74, 6) is 0.904. The molecule has 5 aromatic heterocycles. The second-order valence-electron chi connectivity index (χ2n) is 20.3. The number of imidazole rings is 1. The van der Waals surface area contributed by atoms with Crippen molar-refractivity contribution in [3.8, 4) is 28.5 Å². The highest BCUT2D eigenvalue weighted by molar-refractivity contribution is 6.00. The molecular formula is C54H57FN12O5. The molecule has 0 bridgehead atoms. The molecule has 0 spiro atoms. The number of hydrogen-bond acceptors (Lipinski definition) is 11. The standard InChI is InChI=1S/C54H57FN12O5/c1-31-23-39(8-9-41(31)43-28-46(57-30-56-43)62-17-15-61(6)16-18-62)64-19-20-65(53(64)70)49-47-35(5)63(14-11-42(47)59-67(49)40-24-32(2)48(55)33(3)25-40)50(68)45-27-38-26-37(36-12-21-71-22-13-36)7-10-44(38)66(45)54(29-34(54)4)51-58-52(69)72-60-51/h7-10,19-20,23-28,30,34-36H,11-18,21-22,29H2,1-6H3,(H,58,60,69)/t34-,35-,54-/m0/s1.